The zero-order valence-corrected chi connectivity index (χ0v) is 16.6. The van der Waals surface area contributed by atoms with Crippen LogP contribution in [0, 0.1) is 0 Å². The van der Waals surface area contributed by atoms with Crippen molar-refractivity contribution in [2.45, 2.75) is 44.4 Å². The summed E-state index contributed by atoms with van der Waals surface area (Å²) < 4.78 is 13.7. The minimum absolute atomic E-state index is 0.0626. The average molecular weight is 384 g/mol. The normalized spacial score (nSPS) is 18.1. The molecule has 7 heteroatoms. The second-order valence-corrected chi connectivity index (χ2v) is 7.66. The van der Waals surface area contributed by atoms with Crippen molar-refractivity contribution in [3.63, 3.8) is 0 Å². The number of aromatic nitrogens is 2. The van der Waals surface area contributed by atoms with Crippen LogP contribution >= 0.6 is 0 Å². The molecule has 2 aliphatic rings. The number of methoxy groups -OCH3 is 1. The maximum absolute atomic E-state index is 12.6. The van der Waals surface area contributed by atoms with E-state index in [0.29, 0.717) is 23.1 Å². The van der Waals surface area contributed by atoms with Gasteiger partial charge in [0.25, 0.3) is 5.91 Å². The minimum atomic E-state index is -0.0626. The van der Waals surface area contributed by atoms with Crippen molar-refractivity contribution in [2.75, 3.05) is 20.2 Å². The van der Waals surface area contributed by atoms with Crippen molar-refractivity contribution in [3.05, 3.63) is 42.0 Å². The molecule has 2 fully saturated rings. The first-order chi connectivity index (χ1) is 13.6. The summed E-state index contributed by atoms with van der Waals surface area (Å²) in [6, 6.07) is 5.74. The molecule has 0 atom stereocenters. The van der Waals surface area contributed by atoms with E-state index in [4.69, 9.17) is 9.47 Å². The molecule has 1 N–H and O–H groups in total. The predicted molar refractivity (Wildman–Crippen MR) is 106 cm³/mol. The van der Waals surface area contributed by atoms with Crippen molar-refractivity contribution in [3.8, 4) is 11.5 Å². The van der Waals surface area contributed by atoms with Gasteiger partial charge in [-0.1, -0.05) is 0 Å². The van der Waals surface area contributed by atoms with Crippen LogP contribution < -0.4 is 14.8 Å². The summed E-state index contributed by atoms with van der Waals surface area (Å²) in [4.78, 5) is 19.4. The Labute approximate surface area is 165 Å². The van der Waals surface area contributed by atoms with E-state index in [1.54, 1.807) is 13.2 Å². The van der Waals surface area contributed by atoms with E-state index in [9.17, 15) is 4.79 Å². The van der Waals surface area contributed by atoms with E-state index < -0.39 is 0 Å². The van der Waals surface area contributed by atoms with Gasteiger partial charge >= 0.3 is 0 Å². The summed E-state index contributed by atoms with van der Waals surface area (Å²) in [5, 5.41) is 3.05. The van der Waals surface area contributed by atoms with Crippen LogP contribution in [0.1, 0.15) is 41.9 Å². The number of rotatable bonds is 7. The Morgan fingerprint density at radius 3 is 2.68 bits per heavy atom. The second-order valence-electron chi connectivity index (χ2n) is 7.66. The molecular formula is C21H28N4O3. The summed E-state index contributed by atoms with van der Waals surface area (Å²) in [7, 11) is 3.65. The number of aryl methyl sites for hydroxylation is 1. The largest absolute Gasteiger partial charge is 0.497 e. The second kappa shape index (κ2) is 8.22. The van der Waals surface area contributed by atoms with Gasteiger partial charge in [-0.3, -0.25) is 9.69 Å². The Morgan fingerprint density at radius 2 is 2.04 bits per heavy atom. The van der Waals surface area contributed by atoms with Gasteiger partial charge in [0.2, 0.25) is 0 Å². The first-order valence-electron chi connectivity index (χ1n) is 9.96. The van der Waals surface area contributed by atoms with Crippen molar-refractivity contribution >= 4 is 5.91 Å². The van der Waals surface area contributed by atoms with Crippen molar-refractivity contribution < 1.29 is 14.3 Å². The predicted octanol–water partition coefficient (Wildman–Crippen LogP) is 2.36. The third-order valence-corrected chi connectivity index (χ3v) is 5.46. The Bertz CT molecular complexity index is 823. The highest BCUT2D eigenvalue weighted by molar-refractivity contribution is 5.97. The molecule has 2 aromatic rings. The number of likely N-dealkylation sites (tertiary alicyclic amines) is 1. The van der Waals surface area contributed by atoms with E-state index >= 15 is 0 Å². The van der Waals surface area contributed by atoms with Gasteiger partial charge in [-0.25, -0.2) is 4.98 Å². The first kappa shape index (κ1) is 18.8. The zero-order valence-electron chi connectivity index (χ0n) is 16.6. The van der Waals surface area contributed by atoms with Crippen LogP contribution in [-0.2, 0) is 13.6 Å². The van der Waals surface area contributed by atoms with Crippen LogP contribution in [0.25, 0.3) is 0 Å². The minimum Gasteiger partial charge on any atom is -0.497 e. The van der Waals surface area contributed by atoms with Crippen LogP contribution in [0.3, 0.4) is 0 Å². The molecule has 1 aliphatic carbocycles. The quantitative estimate of drug-likeness (QED) is 0.794. The highest BCUT2D eigenvalue weighted by Crippen LogP contribution is 2.29. The molecule has 1 aromatic carbocycles. The summed E-state index contributed by atoms with van der Waals surface area (Å²) in [6.45, 7) is 2.75. The molecule has 1 saturated heterocycles. The zero-order chi connectivity index (χ0) is 19.5. The highest BCUT2D eigenvalue weighted by Gasteiger charge is 2.27. The molecule has 1 aromatic heterocycles. The maximum atomic E-state index is 12.6. The smallest absolute Gasteiger partial charge is 0.255 e. The van der Waals surface area contributed by atoms with Gasteiger partial charge in [-0.2, -0.15) is 0 Å². The summed E-state index contributed by atoms with van der Waals surface area (Å²) in [5.41, 5.74) is 0.586. The van der Waals surface area contributed by atoms with Crippen LogP contribution in [0.2, 0.25) is 0 Å². The molecule has 0 spiro atoms. The number of nitrogens with one attached hydrogen (secondary N) is 1. The van der Waals surface area contributed by atoms with Crippen LogP contribution in [0.15, 0.2) is 30.6 Å². The van der Waals surface area contributed by atoms with Gasteiger partial charge in [0.15, 0.2) is 0 Å². The molecule has 1 amide bonds. The van der Waals surface area contributed by atoms with Gasteiger partial charge in [-0.15, -0.1) is 0 Å². The lowest BCUT2D eigenvalue weighted by Gasteiger charge is -2.32. The molecule has 1 saturated carbocycles. The average Bonchev–Trinajstić information content (AvgIpc) is 3.43. The fourth-order valence-electron chi connectivity index (χ4n) is 3.52. The summed E-state index contributed by atoms with van der Waals surface area (Å²) in [5.74, 6) is 2.32. The third kappa shape index (κ3) is 4.47. The van der Waals surface area contributed by atoms with E-state index in [1.165, 1.54) is 0 Å². The Morgan fingerprint density at radius 1 is 1.25 bits per heavy atom. The lowest BCUT2D eigenvalue weighted by molar-refractivity contribution is 0.0881. The third-order valence-electron chi connectivity index (χ3n) is 5.46. The molecule has 0 bridgehead atoms. The molecular weight excluding hydrogens is 356 g/mol. The van der Waals surface area contributed by atoms with Gasteiger partial charge in [0, 0.05) is 44.6 Å². The summed E-state index contributed by atoms with van der Waals surface area (Å²) in [6.07, 6.45) is 7.87. The molecule has 0 unspecified atom stereocenters. The maximum Gasteiger partial charge on any atom is 0.255 e. The van der Waals surface area contributed by atoms with E-state index in [1.807, 2.05) is 31.6 Å². The first-order valence-corrected chi connectivity index (χ1v) is 9.96. The van der Waals surface area contributed by atoms with Crippen molar-refractivity contribution in [1.29, 1.82) is 0 Å². The summed E-state index contributed by atoms with van der Waals surface area (Å²) >= 11 is 0. The van der Waals surface area contributed by atoms with Crippen molar-refractivity contribution in [1.82, 2.24) is 19.8 Å². The monoisotopic (exact) mass is 384 g/mol. The van der Waals surface area contributed by atoms with Gasteiger partial charge in [0.1, 0.15) is 23.4 Å². The molecule has 28 heavy (non-hydrogen) atoms. The lowest BCUT2D eigenvalue weighted by Crippen LogP contribution is -2.38. The highest BCUT2D eigenvalue weighted by atomic mass is 16.5. The van der Waals surface area contributed by atoms with E-state index in [2.05, 4.69) is 19.8 Å². The van der Waals surface area contributed by atoms with Crippen LogP contribution in [-0.4, -0.2) is 52.7 Å². The number of amides is 1. The molecule has 150 valence electrons. The number of ether oxygens (including phenoxy) is 2. The molecule has 0 radical (unpaired) electrons. The SMILES string of the molecule is COc1ccc(C(=O)NC2CC2)c(OC2CCN(Cc3nccn3C)CC2)c1. The van der Waals surface area contributed by atoms with Gasteiger partial charge in [-0.05, 0) is 37.8 Å². The number of hydrogen-bond acceptors (Lipinski definition) is 5. The van der Waals surface area contributed by atoms with E-state index in [-0.39, 0.29) is 12.0 Å². The number of hydrogen-bond donors (Lipinski definition) is 1. The Hall–Kier alpha value is -2.54. The number of piperidine rings is 1. The van der Waals surface area contributed by atoms with E-state index in [0.717, 1.165) is 51.1 Å². The molecule has 4 rings (SSSR count). The van der Waals surface area contributed by atoms with Gasteiger partial charge in [0.05, 0.1) is 19.2 Å². The van der Waals surface area contributed by atoms with Crippen LogP contribution in [0.5, 0.6) is 11.5 Å². The number of carbonyl (C=O) groups excluding carboxylic acids is 1. The Balaban J connectivity index is 1.38. The fourth-order valence-corrected chi connectivity index (χ4v) is 3.52. The Kier molecular flexibility index (Phi) is 5.52. The molecule has 1 aliphatic heterocycles. The fraction of sp³-hybridized carbons (Fsp3) is 0.524. The van der Waals surface area contributed by atoms with Crippen molar-refractivity contribution in [2.24, 2.45) is 7.05 Å². The number of imidazole rings is 1. The molecule has 2 heterocycles. The van der Waals surface area contributed by atoms with Crippen LogP contribution in [0.4, 0.5) is 0 Å². The number of benzene rings is 1. The number of carbonyl (C=O) groups is 1. The van der Waals surface area contributed by atoms with Gasteiger partial charge < -0.3 is 19.4 Å². The standard InChI is InChI=1S/C21H28N4O3/c1-24-12-9-22-20(24)14-25-10-7-16(8-11-25)28-19-13-17(27-2)5-6-18(19)21(26)23-15-3-4-15/h5-6,9,12-13,15-16H,3-4,7-8,10-11,14H2,1-2H3,(H,23,26). The number of nitrogens with zero attached hydrogens (tertiary/aromatic N) is 3. The molecule has 7 nitrogen and oxygen atoms in total. The lowest BCUT2D eigenvalue weighted by atomic mass is 10.1. The topological polar surface area (TPSA) is 68.6 Å².